The Hall–Kier alpha value is -3.09. The molecular weight excluding hydrogens is 348 g/mol. The van der Waals surface area contributed by atoms with Crippen LogP contribution in [-0.4, -0.2) is 37.0 Å². The van der Waals surface area contributed by atoms with Crippen LogP contribution in [0.2, 0.25) is 0 Å². The van der Waals surface area contributed by atoms with E-state index in [0.717, 1.165) is 5.56 Å². The van der Waals surface area contributed by atoms with Gasteiger partial charge >= 0.3 is 5.97 Å². The lowest BCUT2D eigenvalue weighted by molar-refractivity contribution is -0.146. The van der Waals surface area contributed by atoms with Crippen molar-refractivity contribution in [2.75, 3.05) is 7.11 Å². The summed E-state index contributed by atoms with van der Waals surface area (Å²) in [4.78, 5) is 37.1. The fraction of sp³-hybridized carbons (Fsp3) is 0.350. The molecule has 0 saturated carbocycles. The van der Waals surface area contributed by atoms with E-state index in [2.05, 4.69) is 10.6 Å². The zero-order chi connectivity index (χ0) is 19.8. The highest BCUT2D eigenvalue weighted by Gasteiger charge is 2.30. The molecule has 1 aromatic carbocycles. The van der Waals surface area contributed by atoms with E-state index >= 15 is 0 Å². The lowest BCUT2D eigenvalue weighted by Gasteiger charge is -2.24. The van der Waals surface area contributed by atoms with Gasteiger partial charge in [-0.25, -0.2) is 4.79 Å². The van der Waals surface area contributed by atoms with Gasteiger partial charge in [-0.3, -0.25) is 9.59 Å². The van der Waals surface area contributed by atoms with Crippen LogP contribution in [0.25, 0.3) is 0 Å². The van der Waals surface area contributed by atoms with Crippen molar-refractivity contribution in [3.05, 3.63) is 60.1 Å². The van der Waals surface area contributed by atoms with Crippen LogP contribution >= 0.6 is 0 Å². The lowest BCUT2D eigenvalue weighted by Crippen LogP contribution is -2.54. The number of methoxy groups -OCH3 is 1. The minimum atomic E-state index is -0.879. The van der Waals surface area contributed by atoms with E-state index in [1.54, 1.807) is 19.9 Å². The number of benzene rings is 1. The summed E-state index contributed by atoms with van der Waals surface area (Å²) in [5, 5.41) is 5.35. The highest BCUT2D eigenvalue weighted by molar-refractivity contribution is 5.96. The van der Waals surface area contributed by atoms with Gasteiger partial charge in [0.25, 0.3) is 5.91 Å². The molecule has 2 aromatic rings. The van der Waals surface area contributed by atoms with Gasteiger partial charge in [0.2, 0.25) is 5.91 Å². The Kier molecular flexibility index (Phi) is 7.16. The van der Waals surface area contributed by atoms with Crippen molar-refractivity contribution < 1.29 is 23.5 Å². The predicted molar refractivity (Wildman–Crippen MR) is 98.9 cm³/mol. The van der Waals surface area contributed by atoms with Crippen LogP contribution in [0.15, 0.2) is 53.1 Å². The lowest BCUT2D eigenvalue weighted by atomic mass is 10.0. The second-order valence-electron chi connectivity index (χ2n) is 6.45. The highest BCUT2D eigenvalue weighted by atomic mass is 16.5. The molecule has 0 aliphatic heterocycles. The van der Waals surface area contributed by atoms with Gasteiger partial charge in [-0.15, -0.1) is 0 Å². The molecule has 0 aliphatic rings. The summed E-state index contributed by atoms with van der Waals surface area (Å²) < 4.78 is 9.84. The summed E-state index contributed by atoms with van der Waals surface area (Å²) in [6.45, 7) is 3.60. The molecule has 0 radical (unpaired) electrons. The zero-order valence-corrected chi connectivity index (χ0v) is 15.6. The van der Waals surface area contributed by atoms with E-state index in [9.17, 15) is 14.4 Å². The molecule has 2 rings (SSSR count). The van der Waals surface area contributed by atoms with Crippen molar-refractivity contribution in [3.63, 3.8) is 0 Å². The molecule has 144 valence electrons. The average molecular weight is 372 g/mol. The largest absolute Gasteiger partial charge is 0.467 e. The van der Waals surface area contributed by atoms with Crippen LogP contribution in [-0.2, 0) is 20.7 Å². The average Bonchev–Trinajstić information content (AvgIpc) is 3.20. The van der Waals surface area contributed by atoms with Crippen LogP contribution in [0.4, 0.5) is 0 Å². The van der Waals surface area contributed by atoms with Crippen molar-refractivity contribution in [2.24, 2.45) is 5.92 Å². The normalized spacial score (nSPS) is 12.9. The molecule has 1 aromatic heterocycles. The van der Waals surface area contributed by atoms with Gasteiger partial charge < -0.3 is 19.8 Å². The van der Waals surface area contributed by atoms with Gasteiger partial charge in [-0.1, -0.05) is 44.2 Å². The number of rotatable bonds is 8. The van der Waals surface area contributed by atoms with Crippen molar-refractivity contribution in [1.29, 1.82) is 0 Å². The predicted octanol–water partition coefficient (Wildman–Crippen LogP) is 1.93. The Bertz CT molecular complexity index is 756. The van der Waals surface area contributed by atoms with Gasteiger partial charge in [0.1, 0.15) is 12.1 Å². The first-order valence-corrected chi connectivity index (χ1v) is 8.69. The summed E-state index contributed by atoms with van der Waals surface area (Å²) in [7, 11) is 1.27. The van der Waals surface area contributed by atoms with Crippen molar-refractivity contribution >= 4 is 17.8 Å². The molecule has 27 heavy (non-hydrogen) atoms. The fourth-order valence-electron chi connectivity index (χ4n) is 2.57. The summed E-state index contributed by atoms with van der Waals surface area (Å²) in [6.07, 6.45) is 1.65. The summed E-state index contributed by atoms with van der Waals surface area (Å²) in [6, 6.07) is 10.7. The molecule has 0 aliphatic carbocycles. The summed E-state index contributed by atoms with van der Waals surface area (Å²) in [5.41, 5.74) is 0.872. The maximum Gasteiger partial charge on any atom is 0.328 e. The second kappa shape index (κ2) is 9.56. The molecule has 1 heterocycles. The van der Waals surface area contributed by atoms with Gasteiger partial charge in [0, 0.05) is 6.42 Å². The number of amides is 2. The minimum Gasteiger partial charge on any atom is -0.467 e. The Morgan fingerprint density at radius 3 is 2.30 bits per heavy atom. The number of hydrogen-bond acceptors (Lipinski definition) is 5. The van der Waals surface area contributed by atoms with Gasteiger partial charge in [-0.05, 0) is 23.6 Å². The van der Waals surface area contributed by atoms with E-state index in [1.165, 1.54) is 19.4 Å². The third-order valence-corrected chi connectivity index (χ3v) is 4.07. The van der Waals surface area contributed by atoms with Gasteiger partial charge in [-0.2, -0.15) is 0 Å². The number of carbonyl (C=O) groups is 3. The maximum atomic E-state index is 12.8. The van der Waals surface area contributed by atoms with Crippen LogP contribution in [0.3, 0.4) is 0 Å². The van der Waals surface area contributed by atoms with Crippen molar-refractivity contribution in [3.8, 4) is 0 Å². The Morgan fingerprint density at radius 2 is 1.74 bits per heavy atom. The van der Waals surface area contributed by atoms with E-state index in [-0.39, 0.29) is 18.1 Å². The van der Waals surface area contributed by atoms with Crippen molar-refractivity contribution in [1.82, 2.24) is 10.6 Å². The van der Waals surface area contributed by atoms with E-state index in [0.29, 0.717) is 0 Å². The van der Waals surface area contributed by atoms with E-state index in [4.69, 9.17) is 9.15 Å². The molecule has 0 unspecified atom stereocenters. The monoisotopic (exact) mass is 372 g/mol. The Balaban J connectivity index is 2.18. The standard InChI is InChI=1S/C20H24N2O5/c1-13(2)17(20(25)26-3)22-18(23)15(12-14-8-5-4-6-9-14)21-19(24)16-10-7-11-27-16/h4-11,13,15,17H,12H2,1-3H3,(H,21,24)(H,22,23)/t15-,17-/m1/s1. The third-order valence-electron chi connectivity index (χ3n) is 4.07. The van der Waals surface area contributed by atoms with Crippen LogP contribution < -0.4 is 10.6 Å². The van der Waals surface area contributed by atoms with Crippen molar-refractivity contribution in [2.45, 2.75) is 32.4 Å². The topological polar surface area (TPSA) is 97.6 Å². The molecule has 2 N–H and O–H groups in total. The van der Waals surface area contributed by atoms with Crippen LogP contribution in [0.5, 0.6) is 0 Å². The molecule has 7 nitrogen and oxygen atoms in total. The highest BCUT2D eigenvalue weighted by Crippen LogP contribution is 2.09. The maximum absolute atomic E-state index is 12.8. The smallest absolute Gasteiger partial charge is 0.328 e. The number of ether oxygens (including phenoxy) is 1. The quantitative estimate of drug-likeness (QED) is 0.690. The van der Waals surface area contributed by atoms with Gasteiger partial charge in [0.15, 0.2) is 5.76 Å². The number of furan rings is 1. The molecule has 2 atom stereocenters. The Labute approximate surface area is 158 Å². The first kappa shape index (κ1) is 20.2. The first-order valence-electron chi connectivity index (χ1n) is 8.69. The number of carbonyl (C=O) groups excluding carboxylic acids is 3. The first-order chi connectivity index (χ1) is 12.9. The van der Waals surface area contributed by atoms with E-state index in [1.807, 2.05) is 30.3 Å². The molecule has 7 heteroatoms. The molecule has 0 bridgehead atoms. The minimum absolute atomic E-state index is 0.106. The second-order valence-corrected chi connectivity index (χ2v) is 6.45. The van der Waals surface area contributed by atoms with Crippen LogP contribution in [0, 0.1) is 5.92 Å². The van der Waals surface area contributed by atoms with E-state index < -0.39 is 29.9 Å². The van der Waals surface area contributed by atoms with Gasteiger partial charge in [0.05, 0.1) is 13.4 Å². The SMILES string of the molecule is COC(=O)[C@H](NC(=O)[C@@H](Cc1ccccc1)NC(=O)c1ccco1)C(C)C. The summed E-state index contributed by atoms with van der Waals surface area (Å²) >= 11 is 0. The molecule has 2 amide bonds. The number of esters is 1. The zero-order valence-electron chi connectivity index (χ0n) is 15.6. The van der Waals surface area contributed by atoms with Crippen LogP contribution in [0.1, 0.15) is 30.0 Å². The molecule has 0 spiro atoms. The Morgan fingerprint density at radius 1 is 1.04 bits per heavy atom. The summed E-state index contributed by atoms with van der Waals surface area (Å²) in [5.74, 6) is -1.57. The number of nitrogens with one attached hydrogen (secondary N) is 2. The molecule has 0 saturated heterocycles. The third kappa shape index (κ3) is 5.70. The number of hydrogen-bond donors (Lipinski definition) is 2. The molecule has 0 fully saturated rings. The fourth-order valence-corrected chi connectivity index (χ4v) is 2.57. The molecular formula is C20H24N2O5.